The van der Waals surface area contributed by atoms with Gasteiger partial charge in [-0.15, -0.1) is 11.3 Å². The summed E-state index contributed by atoms with van der Waals surface area (Å²) in [7, 11) is 0. The van der Waals surface area contributed by atoms with Gasteiger partial charge in [-0.2, -0.15) is 5.26 Å². The molecule has 0 atom stereocenters. The summed E-state index contributed by atoms with van der Waals surface area (Å²) < 4.78 is 1.01. The number of nitriles is 1. The summed E-state index contributed by atoms with van der Waals surface area (Å²) in [5.41, 5.74) is 2.01. The third-order valence-electron chi connectivity index (χ3n) is 3.05. The van der Waals surface area contributed by atoms with Gasteiger partial charge in [-0.25, -0.2) is 4.98 Å². The first-order valence-electron chi connectivity index (χ1n) is 6.41. The van der Waals surface area contributed by atoms with Crippen LogP contribution < -0.4 is 5.23 Å². The van der Waals surface area contributed by atoms with Gasteiger partial charge in [-0.3, -0.25) is 5.21 Å². The van der Waals surface area contributed by atoms with E-state index in [9.17, 15) is 10.5 Å². The highest BCUT2D eigenvalue weighted by molar-refractivity contribution is 7.19. The van der Waals surface area contributed by atoms with Crippen LogP contribution in [0, 0.1) is 16.5 Å². The quantitative estimate of drug-likeness (QED) is 0.583. The van der Waals surface area contributed by atoms with Crippen LogP contribution in [0.15, 0.2) is 48.5 Å². The van der Waals surface area contributed by atoms with Crippen molar-refractivity contribution in [3.05, 3.63) is 64.3 Å². The molecular weight excluding hydrogens is 298 g/mol. The van der Waals surface area contributed by atoms with E-state index in [4.69, 9.17) is 5.21 Å². The van der Waals surface area contributed by atoms with E-state index in [-0.39, 0.29) is 10.9 Å². The van der Waals surface area contributed by atoms with Gasteiger partial charge in [0.05, 0.1) is 21.5 Å². The molecule has 0 amide bonds. The molecular formula is C16H10N3O2S-. The van der Waals surface area contributed by atoms with Gasteiger partial charge in [-0.05, 0) is 35.9 Å². The Balaban J connectivity index is 2.03. The molecule has 2 aromatic carbocycles. The fraction of sp³-hybridized carbons (Fsp3) is 0. The molecule has 0 bridgehead atoms. The van der Waals surface area contributed by atoms with Crippen LogP contribution in [0.4, 0.5) is 5.69 Å². The number of allylic oxidation sites excluding steroid dienone is 1. The molecule has 0 fully saturated rings. The van der Waals surface area contributed by atoms with Crippen molar-refractivity contribution in [1.82, 2.24) is 4.98 Å². The average Bonchev–Trinajstić information content (AvgIpc) is 2.96. The van der Waals surface area contributed by atoms with E-state index in [1.165, 1.54) is 23.5 Å². The monoisotopic (exact) mass is 308 g/mol. The first-order chi connectivity index (χ1) is 10.7. The van der Waals surface area contributed by atoms with Crippen molar-refractivity contribution in [2.75, 3.05) is 5.23 Å². The van der Waals surface area contributed by atoms with Crippen LogP contribution in [-0.2, 0) is 0 Å². The van der Waals surface area contributed by atoms with Gasteiger partial charge in [0, 0.05) is 0 Å². The number of para-hydroxylation sites is 1. The third kappa shape index (κ3) is 2.82. The molecule has 1 N–H and O–H groups in total. The number of anilines is 1. The molecule has 0 aliphatic rings. The number of fused-ring (bicyclic) bond motifs is 1. The highest BCUT2D eigenvalue weighted by Crippen LogP contribution is 2.28. The Morgan fingerprint density at radius 2 is 2.09 bits per heavy atom. The summed E-state index contributed by atoms with van der Waals surface area (Å²) in [5, 5.41) is 29.6. The normalized spacial score (nSPS) is 11.4. The predicted molar refractivity (Wildman–Crippen MR) is 87.2 cm³/mol. The average molecular weight is 308 g/mol. The minimum Gasteiger partial charge on any atom is -0.733 e. The molecule has 0 saturated carbocycles. The zero-order valence-electron chi connectivity index (χ0n) is 11.3. The topological polar surface area (TPSA) is 83.2 Å². The van der Waals surface area contributed by atoms with Gasteiger partial charge in [0.15, 0.2) is 0 Å². The molecule has 1 heterocycles. The SMILES string of the molecule is N#CC(=Cc1cccc(N([O-])O)c1)c1nc2ccccc2s1. The minimum atomic E-state index is -0.207. The lowest BCUT2D eigenvalue weighted by Crippen LogP contribution is -2.06. The summed E-state index contributed by atoms with van der Waals surface area (Å²) in [6.07, 6.45) is 1.64. The maximum Gasteiger partial charge on any atom is 0.135 e. The fourth-order valence-corrected chi connectivity index (χ4v) is 2.96. The third-order valence-corrected chi connectivity index (χ3v) is 4.12. The maximum absolute atomic E-state index is 10.9. The van der Waals surface area contributed by atoms with E-state index < -0.39 is 0 Å². The highest BCUT2D eigenvalue weighted by atomic mass is 32.1. The Morgan fingerprint density at radius 3 is 2.82 bits per heavy atom. The molecule has 3 aromatic rings. The number of aromatic nitrogens is 1. The number of rotatable bonds is 3. The van der Waals surface area contributed by atoms with E-state index in [1.807, 2.05) is 24.3 Å². The summed E-state index contributed by atoms with van der Waals surface area (Å²) in [5.74, 6) is 0. The summed E-state index contributed by atoms with van der Waals surface area (Å²) in [6, 6.07) is 16.2. The molecule has 0 aliphatic carbocycles. The zero-order chi connectivity index (χ0) is 15.5. The smallest absolute Gasteiger partial charge is 0.135 e. The molecule has 5 nitrogen and oxygen atoms in total. The van der Waals surface area contributed by atoms with E-state index >= 15 is 0 Å². The van der Waals surface area contributed by atoms with Crippen molar-refractivity contribution in [2.45, 2.75) is 0 Å². The second kappa shape index (κ2) is 5.95. The van der Waals surface area contributed by atoms with Gasteiger partial charge in [0.2, 0.25) is 0 Å². The number of benzene rings is 2. The van der Waals surface area contributed by atoms with Crippen molar-refractivity contribution in [1.29, 1.82) is 5.26 Å². The predicted octanol–water partition coefficient (Wildman–Crippen LogP) is 4.05. The lowest BCUT2D eigenvalue weighted by atomic mass is 10.1. The zero-order valence-corrected chi connectivity index (χ0v) is 12.1. The van der Waals surface area contributed by atoms with Crippen molar-refractivity contribution in [3.8, 4) is 6.07 Å². The first kappa shape index (κ1) is 14.2. The Morgan fingerprint density at radius 1 is 1.27 bits per heavy atom. The first-order valence-corrected chi connectivity index (χ1v) is 7.23. The van der Waals surface area contributed by atoms with Gasteiger partial charge in [0.1, 0.15) is 11.1 Å². The van der Waals surface area contributed by atoms with Crippen LogP contribution in [0.2, 0.25) is 0 Å². The number of nitrogens with zero attached hydrogens (tertiary/aromatic N) is 3. The number of hydrogen-bond acceptors (Lipinski definition) is 6. The lowest BCUT2D eigenvalue weighted by Gasteiger charge is -2.21. The Bertz CT molecular complexity index is 861. The van der Waals surface area contributed by atoms with E-state index in [0.717, 1.165) is 10.2 Å². The Kier molecular flexibility index (Phi) is 3.85. The molecule has 0 radical (unpaired) electrons. The van der Waals surface area contributed by atoms with Crippen molar-refractivity contribution < 1.29 is 5.21 Å². The summed E-state index contributed by atoms with van der Waals surface area (Å²) >= 11 is 1.44. The van der Waals surface area contributed by atoms with Gasteiger partial charge in [-0.1, -0.05) is 24.3 Å². The van der Waals surface area contributed by atoms with Crippen LogP contribution >= 0.6 is 11.3 Å². The van der Waals surface area contributed by atoms with E-state index in [2.05, 4.69) is 11.1 Å². The largest absolute Gasteiger partial charge is 0.733 e. The Labute approximate surface area is 130 Å². The molecule has 22 heavy (non-hydrogen) atoms. The van der Waals surface area contributed by atoms with Crippen molar-refractivity contribution >= 4 is 38.9 Å². The summed E-state index contributed by atoms with van der Waals surface area (Å²) in [6.45, 7) is 0. The van der Waals surface area contributed by atoms with Crippen molar-refractivity contribution in [2.24, 2.45) is 0 Å². The number of hydrogen-bond donors (Lipinski definition) is 1. The summed E-state index contributed by atoms with van der Waals surface area (Å²) in [4.78, 5) is 4.44. The van der Waals surface area contributed by atoms with Crippen molar-refractivity contribution in [3.63, 3.8) is 0 Å². The highest BCUT2D eigenvalue weighted by Gasteiger charge is 2.08. The maximum atomic E-state index is 10.9. The molecule has 0 aliphatic heterocycles. The number of thiazole rings is 1. The fourth-order valence-electron chi connectivity index (χ4n) is 2.03. The van der Waals surface area contributed by atoms with Crippen LogP contribution in [0.25, 0.3) is 21.9 Å². The van der Waals surface area contributed by atoms with E-state index in [0.29, 0.717) is 16.1 Å². The second-order valence-corrected chi connectivity index (χ2v) is 5.56. The van der Waals surface area contributed by atoms with Gasteiger partial charge < -0.3 is 10.4 Å². The van der Waals surface area contributed by atoms with Crippen LogP contribution in [-0.4, -0.2) is 10.2 Å². The molecule has 1 aromatic heterocycles. The molecule has 108 valence electrons. The van der Waals surface area contributed by atoms with Crippen LogP contribution in [0.5, 0.6) is 0 Å². The molecule has 3 rings (SSSR count). The molecule has 0 saturated heterocycles. The standard InChI is InChI=1S/C16H10N3O2S/c17-10-12(8-11-4-3-5-13(9-11)19(20)21)16-18-14-6-1-2-7-15(14)22-16/h1-9,20H/q-1. The van der Waals surface area contributed by atoms with E-state index in [1.54, 1.807) is 18.2 Å². The molecule has 0 unspecified atom stereocenters. The van der Waals surface area contributed by atoms with Gasteiger partial charge in [0.25, 0.3) is 0 Å². The lowest BCUT2D eigenvalue weighted by molar-refractivity contribution is 0.296. The molecule has 6 heteroatoms. The molecule has 0 spiro atoms. The Hall–Kier alpha value is -2.72. The second-order valence-electron chi connectivity index (χ2n) is 4.52. The van der Waals surface area contributed by atoms with Crippen LogP contribution in [0.1, 0.15) is 10.6 Å². The minimum absolute atomic E-state index is 0.107. The van der Waals surface area contributed by atoms with Crippen LogP contribution in [0.3, 0.4) is 0 Å². The van der Waals surface area contributed by atoms with Gasteiger partial charge >= 0.3 is 0 Å².